The summed E-state index contributed by atoms with van der Waals surface area (Å²) in [5.74, 6) is -0.0421. The summed E-state index contributed by atoms with van der Waals surface area (Å²) < 4.78 is 5.25. The van der Waals surface area contributed by atoms with Crippen molar-refractivity contribution in [1.82, 2.24) is 5.32 Å². The number of hydrogen-bond donors (Lipinski definition) is 1. The SMILES string of the molecule is N#CC1(NC(=O)CCCCc2ccc(Cl)cc2)CCOCC1. The standard InChI is InChI=1S/C17H21ClN2O2/c18-15-7-5-14(6-8-15)3-1-2-4-16(21)20-17(13-19)9-11-22-12-10-17/h5-8H,1-4,9-12H2,(H,20,21). The van der Waals surface area contributed by atoms with Crippen LogP contribution in [0, 0.1) is 11.3 Å². The van der Waals surface area contributed by atoms with Gasteiger partial charge in [0.1, 0.15) is 5.54 Å². The van der Waals surface area contributed by atoms with Crippen molar-refractivity contribution in [3.8, 4) is 6.07 Å². The van der Waals surface area contributed by atoms with Gasteiger partial charge in [-0.15, -0.1) is 0 Å². The predicted octanol–water partition coefficient (Wildman–Crippen LogP) is 3.24. The van der Waals surface area contributed by atoms with Crippen LogP contribution in [0.5, 0.6) is 0 Å². The van der Waals surface area contributed by atoms with E-state index in [0.29, 0.717) is 32.5 Å². The fourth-order valence-corrected chi connectivity index (χ4v) is 2.71. The molecule has 1 fully saturated rings. The van der Waals surface area contributed by atoms with Gasteiger partial charge in [0.25, 0.3) is 0 Å². The number of benzene rings is 1. The van der Waals surface area contributed by atoms with Crippen LogP contribution in [0.25, 0.3) is 0 Å². The highest BCUT2D eigenvalue weighted by Crippen LogP contribution is 2.20. The first-order chi connectivity index (χ1) is 10.6. The molecule has 1 aliphatic heterocycles. The number of halogens is 1. The summed E-state index contributed by atoms with van der Waals surface area (Å²) >= 11 is 5.85. The largest absolute Gasteiger partial charge is 0.381 e. The first kappa shape index (κ1) is 16.8. The van der Waals surface area contributed by atoms with E-state index in [0.717, 1.165) is 24.3 Å². The van der Waals surface area contributed by atoms with Gasteiger partial charge in [-0.2, -0.15) is 5.26 Å². The molecule has 118 valence electrons. The fourth-order valence-electron chi connectivity index (χ4n) is 2.58. The summed E-state index contributed by atoms with van der Waals surface area (Å²) in [6.07, 6.45) is 4.28. The Labute approximate surface area is 136 Å². The summed E-state index contributed by atoms with van der Waals surface area (Å²) in [5.41, 5.74) is 0.494. The van der Waals surface area contributed by atoms with E-state index < -0.39 is 5.54 Å². The summed E-state index contributed by atoms with van der Waals surface area (Å²) in [5, 5.41) is 12.9. The molecule has 1 aromatic rings. The van der Waals surface area contributed by atoms with Crippen molar-refractivity contribution in [1.29, 1.82) is 5.26 Å². The topological polar surface area (TPSA) is 62.1 Å². The molecule has 5 heteroatoms. The van der Waals surface area contributed by atoms with Gasteiger partial charge >= 0.3 is 0 Å². The minimum Gasteiger partial charge on any atom is -0.381 e. The number of rotatable bonds is 6. The lowest BCUT2D eigenvalue weighted by Crippen LogP contribution is -2.50. The van der Waals surface area contributed by atoms with Crippen molar-refractivity contribution in [3.05, 3.63) is 34.9 Å². The highest BCUT2D eigenvalue weighted by molar-refractivity contribution is 6.30. The van der Waals surface area contributed by atoms with Crippen molar-refractivity contribution >= 4 is 17.5 Å². The summed E-state index contributed by atoms with van der Waals surface area (Å²) in [7, 11) is 0. The lowest BCUT2D eigenvalue weighted by molar-refractivity contribution is -0.123. The molecule has 0 atom stereocenters. The third-order valence-electron chi connectivity index (χ3n) is 3.97. The Balaban J connectivity index is 1.69. The lowest BCUT2D eigenvalue weighted by atomic mass is 9.91. The van der Waals surface area contributed by atoms with Crippen LogP contribution in [0.3, 0.4) is 0 Å². The molecule has 1 amide bonds. The van der Waals surface area contributed by atoms with Crippen LogP contribution in [-0.2, 0) is 16.0 Å². The third-order valence-corrected chi connectivity index (χ3v) is 4.22. The van der Waals surface area contributed by atoms with E-state index in [9.17, 15) is 10.1 Å². The second-order valence-corrected chi connectivity index (χ2v) is 6.12. The molecule has 1 N–H and O–H groups in total. The van der Waals surface area contributed by atoms with Crippen molar-refractivity contribution in [2.24, 2.45) is 0 Å². The van der Waals surface area contributed by atoms with Crippen LogP contribution < -0.4 is 5.32 Å². The molecule has 0 spiro atoms. The molecule has 0 radical (unpaired) electrons. The Morgan fingerprint density at radius 3 is 2.59 bits per heavy atom. The molecule has 1 aromatic carbocycles. The fraction of sp³-hybridized carbons (Fsp3) is 0.529. The third kappa shape index (κ3) is 5.01. The molecule has 4 nitrogen and oxygen atoms in total. The number of carbonyl (C=O) groups excluding carboxylic acids is 1. The molecule has 0 bridgehead atoms. The number of hydrogen-bond acceptors (Lipinski definition) is 3. The van der Waals surface area contributed by atoms with E-state index in [1.54, 1.807) is 0 Å². The summed E-state index contributed by atoms with van der Waals surface area (Å²) in [6, 6.07) is 10.0. The van der Waals surface area contributed by atoms with Crippen LogP contribution in [0.1, 0.15) is 37.7 Å². The van der Waals surface area contributed by atoms with Crippen LogP contribution in [0.15, 0.2) is 24.3 Å². The number of unbranched alkanes of at least 4 members (excludes halogenated alkanes) is 1. The minimum absolute atomic E-state index is 0.0421. The number of nitrogens with one attached hydrogen (secondary N) is 1. The minimum atomic E-state index is -0.731. The number of carbonyl (C=O) groups is 1. The van der Waals surface area contributed by atoms with Crippen LogP contribution in [-0.4, -0.2) is 24.7 Å². The van der Waals surface area contributed by atoms with Gasteiger partial charge in [-0.3, -0.25) is 4.79 Å². The lowest BCUT2D eigenvalue weighted by Gasteiger charge is -2.31. The van der Waals surface area contributed by atoms with Crippen molar-refractivity contribution in [3.63, 3.8) is 0 Å². The smallest absolute Gasteiger partial charge is 0.221 e. The first-order valence-electron chi connectivity index (χ1n) is 7.68. The van der Waals surface area contributed by atoms with Gasteiger partial charge in [0.05, 0.1) is 6.07 Å². The number of ether oxygens (including phenoxy) is 1. The van der Waals surface area contributed by atoms with Gasteiger partial charge in [0.15, 0.2) is 0 Å². The molecular formula is C17H21ClN2O2. The highest BCUT2D eigenvalue weighted by atomic mass is 35.5. The Hall–Kier alpha value is -1.57. The molecule has 1 saturated heterocycles. The van der Waals surface area contributed by atoms with Gasteiger partial charge in [-0.1, -0.05) is 23.7 Å². The molecule has 22 heavy (non-hydrogen) atoms. The molecule has 2 rings (SSSR count). The zero-order chi connectivity index (χ0) is 15.8. The van der Waals surface area contributed by atoms with Crippen molar-refractivity contribution in [2.45, 2.75) is 44.1 Å². The quantitative estimate of drug-likeness (QED) is 0.818. The zero-order valence-corrected chi connectivity index (χ0v) is 13.4. The van der Waals surface area contributed by atoms with E-state index in [2.05, 4.69) is 11.4 Å². The van der Waals surface area contributed by atoms with E-state index in [1.807, 2.05) is 24.3 Å². The zero-order valence-electron chi connectivity index (χ0n) is 12.6. The average Bonchev–Trinajstić information content (AvgIpc) is 2.54. The summed E-state index contributed by atoms with van der Waals surface area (Å²) in [4.78, 5) is 12.0. The number of nitriles is 1. The molecule has 0 saturated carbocycles. The number of aryl methyl sites for hydroxylation is 1. The first-order valence-corrected chi connectivity index (χ1v) is 8.06. The van der Waals surface area contributed by atoms with Crippen LogP contribution >= 0.6 is 11.6 Å². The maximum absolute atomic E-state index is 12.0. The van der Waals surface area contributed by atoms with Crippen molar-refractivity contribution < 1.29 is 9.53 Å². The van der Waals surface area contributed by atoms with Gasteiger partial charge < -0.3 is 10.1 Å². The Kier molecular flexibility index (Phi) is 6.23. The van der Waals surface area contributed by atoms with Crippen LogP contribution in [0.4, 0.5) is 0 Å². The molecule has 1 heterocycles. The Bertz CT molecular complexity index is 531. The van der Waals surface area contributed by atoms with Gasteiger partial charge in [0.2, 0.25) is 5.91 Å². The summed E-state index contributed by atoms with van der Waals surface area (Å²) in [6.45, 7) is 1.06. The highest BCUT2D eigenvalue weighted by Gasteiger charge is 2.33. The van der Waals surface area contributed by atoms with Gasteiger partial charge in [0, 0.05) is 37.5 Å². The molecule has 0 unspecified atom stereocenters. The number of amides is 1. The predicted molar refractivity (Wildman–Crippen MR) is 85.5 cm³/mol. The van der Waals surface area contributed by atoms with E-state index in [1.165, 1.54) is 5.56 Å². The molecule has 1 aliphatic rings. The number of nitrogens with zero attached hydrogens (tertiary/aromatic N) is 1. The Morgan fingerprint density at radius 1 is 1.27 bits per heavy atom. The van der Waals surface area contributed by atoms with Gasteiger partial charge in [-0.25, -0.2) is 0 Å². The molecular weight excluding hydrogens is 300 g/mol. The maximum Gasteiger partial charge on any atom is 0.221 e. The van der Waals surface area contributed by atoms with Gasteiger partial charge in [-0.05, 0) is 37.0 Å². The van der Waals surface area contributed by atoms with E-state index in [4.69, 9.17) is 16.3 Å². The monoisotopic (exact) mass is 320 g/mol. The van der Waals surface area contributed by atoms with E-state index >= 15 is 0 Å². The second-order valence-electron chi connectivity index (χ2n) is 5.69. The van der Waals surface area contributed by atoms with Crippen molar-refractivity contribution in [2.75, 3.05) is 13.2 Å². The Morgan fingerprint density at radius 2 is 1.95 bits per heavy atom. The average molecular weight is 321 g/mol. The molecule has 0 aliphatic carbocycles. The molecule has 0 aromatic heterocycles. The second kappa shape index (κ2) is 8.17. The maximum atomic E-state index is 12.0. The van der Waals surface area contributed by atoms with Crippen LogP contribution in [0.2, 0.25) is 5.02 Å². The van der Waals surface area contributed by atoms with E-state index in [-0.39, 0.29) is 5.91 Å². The normalized spacial score (nSPS) is 16.7.